The highest BCUT2D eigenvalue weighted by atomic mass is 19.1. The molecule has 78 valence electrons. The summed E-state index contributed by atoms with van der Waals surface area (Å²) >= 11 is 0. The molecular formula is C6H12FNO5. The summed E-state index contributed by atoms with van der Waals surface area (Å²) in [7, 11) is 0. The average molecular weight is 197 g/mol. The number of aliphatic hydroxyl groups excluding tert-OH is 5. The van der Waals surface area contributed by atoms with Crippen LogP contribution in [0.4, 0.5) is 4.39 Å². The predicted molar refractivity (Wildman–Crippen MR) is 38.1 cm³/mol. The van der Waals surface area contributed by atoms with Gasteiger partial charge in [0.25, 0.3) is 0 Å². The second-order valence-electron chi connectivity index (χ2n) is 3.19. The zero-order chi connectivity index (χ0) is 10.4. The Morgan fingerprint density at radius 2 is 1.15 bits per heavy atom. The molecule has 7 N–H and O–H groups in total. The number of aliphatic hydroxyl groups is 5. The molecule has 1 rings (SSSR count). The SMILES string of the molecule is NC1(F)[C@H](O)[C@H](O)C(O)[C@H](O)[C@H]1O. The van der Waals surface area contributed by atoms with Gasteiger partial charge in [0.05, 0.1) is 0 Å². The molecule has 0 radical (unpaired) electrons. The van der Waals surface area contributed by atoms with E-state index in [9.17, 15) is 4.39 Å². The number of alkyl halides is 1. The van der Waals surface area contributed by atoms with Gasteiger partial charge in [-0.15, -0.1) is 0 Å². The van der Waals surface area contributed by atoms with Crippen molar-refractivity contribution in [3.8, 4) is 0 Å². The second kappa shape index (κ2) is 3.12. The van der Waals surface area contributed by atoms with Gasteiger partial charge in [0.2, 0.25) is 5.79 Å². The highest BCUT2D eigenvalue weighted by molar-refractivity contribution is 5.05. The second-order valence-corrected chi connectivity index (χ2v) is 3.19. The van der Waals surface area contributed by atoms with Crippen LogP contribution in [0, 0.1) is 0 Å². The van der Waals surface area contributed by atoms with E-state index in [-0.39, 0.29) is 0 Å². The molecule has 1 aliphatic rings. The van der Waals surface area contributed by atoms with E-state index >= 15 is 0 Å². The molecule has 0 aromatic carbocycles. The molecule has 2 unspecified atom stereocenters. The van der Waals surface area contributed by atoms with Crippen molar-refractivity contribution in [1.29, 1.82) is 0 Å². The Bertz CT molecular complexity index is 183. The minimum atomic E-state index is -3.03. The van der Waals surface area contributed by atoms with Crippen molar-refractivity contribution < 1.29 is 29.9 Å². The Morgan fingerprint density at radius 3 is 1.46 bits per heavy atom. The summed E-state index contributed by atoms with van der Waals surface area (Å²) in [5.74, 6) is -3.03. The first kappa shape index (κ1) is 10.8. The number of hydrogen-bond acceptors (Lipinski definition) is 6. The maximum Gasteiger partial charge on any atom is 0.216 e. The lowest BCUT2D eigenvalue weighted by molar-refractivity contribution is -0.242. The minimum Gasteiger partial charge on any atom is -0.387 e. The van der Waals surface area contributed by atoms with Crippen molar-refractivity contribution in [2.24, 2.45) is 5.73 Å². The monoisotopic (exact) mass is 197 g/mol. The molecule has 0 bridgehead atoms. The van der Waals surface area contributed by atoms with Crippen LogP contribution >= 0.6 is 0 Å². The van der Waals surface area contributed by atoms with Crippen LogP contribution in [-0.2, 0) is 0 Å². The molecule has 0 aromatic rings. The average Bonchev–Trinajstić information content (AvgIpc) is 2.09. The topological polar surface area (TPSA) is 127 Å². The first-order valence-electron chi connectivity index (χ1n) is 3.68. The third kappa shape index (κ3) is 1.43. The van der Waals surface area contributed by atoms with E-state index in [1.165, 1.54) is 0 Å². The van der Waals surface area contributed by atoms with Crippen LogP contribution in [0.1, 0.15) is 0 Å². The van der Waals surface area contributed by atoms with Crippen molar-refractivity contribution in [2.45, 2.75) is 36.3 Å². The van der Waals surface area contributed by atoms with E-state index < -0.39 is 36.3 Å². The maximum absolute atomic E-state index is 13.2. The Balaban J connectivity index is 2.93. The van der Waals surface area contributed by atoms with Gasteiger partial charge >= 0.3 is 0 Å². The van der Waals surface area contributed by atoms with Crippen LogP contribution in [0.5, 0.6) is 0 Å². The van der Waals surface area contributed by atoms with Gasteiger partial charge in [-0.05, 0) is 0 Å². The molecule has 1 aliphatic carbocycles. The molecular weight excluding hydrogens is 185 g/mol. The molecule has 0 saturated heterocycles. The van der Waals surface area contributed by atoms with E-state index in [4.69, 9.17) is 31.3 Å². The standard InChI is InChI=1S/C6H12FNO5/c7-6(8)4(12)2(10)1(9)3(11)5(6)13/h1-5,9-13H,8H2/t1?,2-,3+,4-,5-,6?/m1/s1. The number of halogens is 1. The summed E-state index contributed by atoms with van der Waals surface area (Å²) in [6, 6.07) is 0. The van der Waals surface area contributed by atoms with Crippen molar-refractivity contribution in [3.63, 3.8) is 0 Å². The molecule has 0 amide bonds. The molecule has 6 atom stereocenters. The lowest BCUT2D eigenvalue weighted by atomic mass is 9.82. The van der Waals surface area contributed by atoms with E-state index in [0.29, 0.717) is 0 Å². The van der Waals surface area contributed by atoms with Crippen molar-refractivity contribution >= 4 is 0 Å². The van der Waals surface area contributed by atoms with Gasteiger partial charge in [-0.3, -0.25) is 5.73 Å². The van der Waals surface area contributed by atoms with Gasteiger partial charge < -0.3 is 25.5 Å². The third-order valence-electron chi connectivity index (χ3n) is 2.25. The lowest BCUT2D eigenvalue weighted by Gasteiger charge is -2.43. The molecule has 13 heavy (non-hydrogen) atoms. The first-order valence-corrected chi connectivity index (χ1v) is 3.68. The first-order chi connectivity index (χ1) is 5.80. The normalized spacial score (nSPS) is 57.9. The quantitative estimate of drug-likeness (QED) is 0.223. The molecule has 0 aliphatic heterocycles. The van der Waals surface area contributed by atoms with Gasteiger partial charge in [0.15, 0.2) is 0 Å². The lowest BCUT2D eigenvalue weighted by Crippen LogP contribution is -2.72. The van der Waals surface area contributed by atoms with Crippen LogP contribution < -0.4 is 5.73 Å². The van der Waals surface area contributed by atoms with Crippen LogP contribution in [0.3, 0.4) is 0 Å². The Morgan fingerprint density at radius 1 is 0.846 bits per heavy atom. The highest BCUT2D eigenvalue weighted by Gasteiger charge is 2.57. The fraction of sp³-hybridized carbons (Fsp3) is 1.00. The highest BCUT2D eigenvalue weighted by Crippen LogP contribution is 2.29. The largest absolute Gasteiger partial charge is 0.387 e. The fourth-order valence-electron chi connectivity index (χ4n) is 1.27. The Kier molecular flexibility index (Phi) is 2.59. The van der Waals surface area contributed by atoms with Gasteiger partial charge in [-0.25, -0.2) is 4.39 Å². The van der Waals surface area contributed by atoms with Gasteiger partial charge in [0.1, 0.15) is 30.5 Å². The zero-order valence-electron chi connectivity index (χ0n) is 6.58. The fourth-order valence-corrected chi connectivity index (χ4v) is 1.27. The molecule has 1 fully saturated rings. The molecule has 7 heteroatoms. The summed E-state index contributed by atoms with van der Waals surface area (Å²) < 4.78 is 13.2. The van der Waals surface area contributed by atoms with Crippen LogP contribution in [0.15, 0.2) is 0 Å². The number of hydrogen-bond donors (Lipinski definition) is 6. The van der Waals surface area contributed by atoms with Crippen molar-refractivity contribution in [2.75, 3.05) is 0 Å². The van der Waals surface area contributed by atoms with E-state index in [2.05, 4.69) is 0 Å². The van der Waals surface area contributed by atoms with Crippen LogP contribution in [0.2, 0.25) is 0 Å². The number of nitrogens with two attached hydrogens (primary N) is 1. The zero-order valence-corrected chi connectivity index (χ0v) is 6.58. The van der Waals surface area contributed by atoms with Gasteiger partial charge in [-0.2, -0.15) is 0 Å². The molecule has 6 nitrogen and oxygen atoms in total. The van der Waals surface area contributed by atoms with E-state index in [1.807, 2.05) is 0 Å². The van der Waals surface area contributed by atoms with Gasteiger partial charge in [0, 0.05) is 0 Å². The number of rotatable bonds is 0. The Hall–Kier alpha value is -0.310. The van der Waals surface area contributed by atoms with Crippen LogP contribution in [-0.4, -0.2) is 61.8 Å². The summed E-state index contributed by atoms with van der Waals surface area (Å²) in [6.07, 6.45) is -9.94. The summed E-state index contributed by atoms with van der Waals surface area (Å²) in [5.41, 5.74) is 4.81. The summed E-state index contributed by atoms with van der Waals surface area (Å²) in [6.45, 7) is 0. The predicted octanol–water partition coefficient (Wildman–Crippen LogP) is -3.57. The smallest absolute Gasteiger partial charge is 0.216 e. The van der Waals surface area contributed by atoms with Crippen LogP contribution in [0.25, 0.3) is 0 Å². The molecule has 0 aromatic heterocycles. The van der Waals surface area contributed by atoms with Crippen molar-refractivity contribution in [1.82, 2.24) is 0 Å². The molecule has 0 heterocycles. The van der Waals surface area contributed by atoms with Gasteiger partial charge in [-0.1, -0.05) is 0 Å². The molecule has 1 saturated carbocycles. The van der Waals surface area contributed by atoms with E-state index in [1.54, 1.807) is 0 Å². The summed E-state index contributed by atoms with van der Waals surface area (Å²) in [4.78, 5) is 0. The summed E-state index contributed by atoms with van der Waals surface area (Å²) in [5, 5.41) is 44.9. The molecule has 0 spiro atoms. The maximum atomic E-state index is 13.2. The Labute approximate surface area is 73.0 Å². The third-order valence-corrected chi connectivity index (χ3v) is 2.25. The van der Waals surface area contributed by atoms with Crippen molar-refractivity contribution in [3.05, 3.63) is 0 Å². The van der Waals surface area contributed by atoms with E-state index in [0.717, 1.165) is 0 Å². The minimum absolute atomic E-state index is 1.82.